The van der Waals surface area contributed by atoms with Gasteiger partial charge in [-0.1, -0.05) is 11.6 Å². The molecule has 0 spiro atoms. The SMILES string of the molecule is COC(=O)[C@H](Cc1cc(Cl)cnc1OC(C)C)NC(=O)OC(C)(C)C. The molecule has 0 aliphatic carbocycles. The van der Waals surface area contributed by atoms with Crippen LogP contribution >= 0.6 is 11.6 Å². The summed E-state index contributed by atoms with van der Waals surface area (Å²) in [5, 5.41) is 2.91. The minimum atomic E-state index is -0.963. The highest BCUT2D eigenvalue weighted by Gasteiger charge is 2.27. The van der Waals surface area contributed by atoms with Crippen molar-refractivity contribution in [2.24, 2.45) is 0 Å². The Hall–Kier alpha value is -2.02. The lowest BCUT2D eigenvalue weighted by Gasteiger charge is -2.23. The van der Waals surface area contributed by atoms with Gasteiger partial charge >= 0.3 is 12.1 Å². The van der Waals surface area contributed by atoms with Crippen LogP contribution in [-0.2, 0) is 20.7 Å². The predicted octanol–water partition coefficient (Wildman–Crippen LogP) is 3.13. The molecule has 25 heavy (non-hydrogen) atoms. The van der Waals surface area contributed by atoms with E-state index in [1.165, 1.54) is 13.3 Å². The number of hydrogen-bond acceptors (Lipinski definition) is 6. The Balaban J connectivity index is 3.01. The molecule has 7 nitrogen and oxygen atoms in total. The lowest BCUT2D eigenvalue weighted by Crippen LogP contribution is -2.45. The van der Waals surface area contributed by atoms with Crippen LogP contribution in [0.25, 0.3) is 0 Å². The minimum Gasteiger partial charge on any atom is -0.475 e. The van der Waals surface area contributed by atoms with Crippen LogP contribution in [0.2, 0.25) is 5.02 Å². The van der Waals surface area contributed by atoms with Crippen LogP contribution in [0.3, 0.4) is 0 Å². The highest BCUT2D eigenvalue weighted by Crippen LogP contribution is 2.22. The van der Waals surface area contributed by atoms with E-state index in [0.717, 1.165) is 0 Å². The highest BCUT2D eigenvalue weighted by atomic mass is 35.5. The van der Waals surface area contributed by atoms with E-state index in [0.29, 0.717) is 16.5 Å². The van der Waals surface area contributed by atoms with Crippen molar-refractivity contribution in [2.75, 3.05) is 7.11 Å². The molecular weight excluding hydrogens is 348 g/mol. The Morgan fingerprint density at radius 1 is 1.32 bits per heavy atom. The van der Waals surface area contributed by atoms with Crippen molar-refractivity contribution in [2.45, 2.75) is 58.8 Å². The van der Waals surface area contributed by atoms with Gasteiger partial charge < -0.3 is 19.5 Å². The summed E-state index contributed by atoms with van der Waals surface area (Å²) in [7, 11) is 1.24. The van der Waals surface area contributed by atoms with E-state index in [1.807, 2.05) is 13.8 Å². The number of hydrogen-bond donors (Lipinski definition) is 1. The molecule has 0 saturated carbocycles. The quantitative estimate of drug-likeness (QED) is 0.772. The molecule has 1 aromatic heterocycles. The average molecular weight is 373 g/mol. The van der Waals surface area contributed by atoms with Crippen molar-refractivity contribution >= 4 is 23.7 Å². The van der Waals surface area contributed by atoms with E-state index >= 15 is 0 Å². The Kier molecular flexibility index (Phi) is 7.48. The van der Waals surface area contributed by atoms with Crippen molar-refractivity contribution in [3.63, 3.8) is 0 Å². The van der Waals surface area contributed by atoms with Crippen molar-refractivity contribution < 1.29 is 23.8 Å². The van der Waals surface area contributed by atoms with Gasteiger partial charge in [0.05, 0.1) is 18.2 Å². The number of amides is 1. The number of carbonyl (C=O) groups is 2. The molecule has 0 aliphatic rings. The van der Waals surface area contributed by atoms with Crippen LogP contribution in [0.1, 0.15) is 40.2 Å². The number of nitrogens with zero attached hydrogens (tertiary/aromatic N) is 1. The lowest BCUT2D eigenvalue weighted by atomic mass is 10.1. The van der Waals surface area contributed by atoms with Gasteiger partial charge in [0.1, 0.15) is 11.6 Å². The second-order valence-corrected chi connectivity index (χ2v) is 7.15. The van der Waals surface area contributed by atoms with Gasteiger partial charge in [-0.3, -0.25) is 0 Å². The molecule has 0 unspecified atom stereocenters. The molecule has 1 aromatic rings. The molecule has 1 amide bonds. The number of rotatable bonds is 6. The maximum absolute atomic E-state index is 12.0. The minimum absolute atomic E-state index is 0.0987. The predicted molar refractivity (Wildman–Crippen MR) is 93.9 cm³/mol. The summed E-state index contributed by atoms with van der Waals surface area (Å²) >= 11 is 6.00. The molecule has 0 fully saturated rings. The topological polar surface area (TPSA) is 86.8 Å². The maximum Gasteiger partial charge on any atom is 0.408 e. The molecule has 8 heteroatoms. The zero-order valence-electron chi connectivity index (χ0n) is 15.4. The third-order valence-corrected chi connectivity index (χ3v) is 3.05. The summed E-state index contributed by atoms with van der Waals surface area (Å²) in [6.45, 7) is 8.91. The van der Waals surface area contributed by atoms with Gasteiger partial charge in [0, 0.05) is 18.2 Å². The molecule has 140 valence electrons. The van der Waals surface area contributed by atoms with E-state index < -0.39 is 23.7 Å². The average Bonchev–Trinajstić information content (AvgIpc) is 2.46. The van der Waals surface area contributed by atoms with Crippen LogP contribution in [-0.4, -0.2) is 41.9 Å². The molecule has 1 heterocycles. The molecule has 1 N–H and O–H groups in total. The zero-order chi connectivity index (χ0) is 19.2. The molecule has 1 atom stereocenters. The van der Waals surface area contributed by atoms with Crippen LogP contribution < -0.4 is 10.1 Å². The summed E-state index contributed by atoms with van der Waals surface area (Å²) in [6.07, 6.45) is 0.727. The zero-order valence-corrected chi connectivity index (χ0v) is 16.1. The Bertz CT molecular complexity index is 614. The third kappa shape index (κ3) is 7.60. The highest BCUT2D eigenvalue weighted by molar-refractivity contribution is 6.30. The number of methoxy groups -OCH3 is 1. The first-order chi connectivity index (χ1) is 11.5. The van der Waals surface area contributed by atoms with Crippen LogP contribution in [0.4, 0.5) is 4.79 Å². The van der Waals surface area contributed by atoms with E-state index in [1.54, 1.807) is 26.8 Å². The van der Waals surface area contributed by atoms with E-state index in [4.69, 9.17) is 25.8 Å². The third-order valence-electron chi connectivity index (χ3n) is 2.84. The lowest BCUT2D eigenvalue weighted by molar-refractivity contribution is -0.143. The molecule has 0 bridgehead atoms. The van der Waals surface area contributed by atoms with Crippen molar-refractivity contribution in [3.8, 4) is 5.88 Å². The van der Waals surface area contributed by atoms with Gasteiger partial charge in [0.2, 0.25) is 5.88 Å². The van der Waals surface area contributed by atoms with Crippen molar-refractivity contribution in [1.82, 2.24) is 10.3 Å². The summed E-state index contributed by atoms with van der Waals surface area (Å²) in [6, 6.07) is 0.675. The number of esters is 1. The number of nitrogens with one attached hydrogen (secondary N) is 1. The first kappa shape index (κ1) is 21.0. The molecule has 0 radical (unpaired) electrons. The van der Waals surface area contributed by atoms with Crippen molar-refractivity contribution in [1.29, 1.82) is 0 Å². The second kappa shape index (κ2) is 8.89. The molecule has 0 aromatic carbocycles. The van der Waals surface area contributed by atoms with Gasteiger partial charge in [0.25, 0.3) is 0 Å². The summed E-state index contributed by atoms with van der Waals surface area (Å²) in [5.74, 6) is -0.263. The Morgan fingerprint density at radius 2 is 1.96 bits per heavy atom. The number of aromatic nitrogens is 1. The van der Waals surface area contributed by atoms with Crippen molar-refractivity contribution in [3.05, 3.63) is 22.8 Å². The Labute approximate surface area is 153 Å². The van der Waals surface area contributed by atoms with E-state index in [9.17, 15) is 9.59 Å². The van der Waals surface area contributed by atoms with Gasteiger partial charge in [-0.2, -0.15) is 0 Å². The smallest absolute Gasteiger partial charge is 0.408 e. The van der Waals surface area contributed by atoms with Crippen LogP contribution in [0.15, 0.2) is 12.3 Å². The normalized spacial score (nSPS) is 12.5. The molecule has 0 aliphatic heterocycles. The standard InChI is InChI=1S/C17H25ClN2O5/c1-10(2)24-14-11(7-12(18)9-19-14)8-13(15(21)23-6)20-16(22)25-17(3,4)5/h7,9-10,13H,8H2,1-6H3,(H,20,22)/t13-/m0/s1. The second-order valence-electron chi connectivity index (χ2n) is 6.71. The number of carbonyl (C=O) groups excluding carboxylic acids is 2. The van der Waals surface area contributed by atoms with Gasteiger partial charge in [-0.05, 0) is 40.7 Å². The molecule has 1 rings (SSSR count). The molecule has 0 saturated heterocycles. The van der Waals surface area contributed by atoms with Gasteiger partial charge in [-0.15, -0.1) is 0 Å². The largest absolute Gasteiger partial charge is 0.475 e. The van der Waals surface area contributed by atoms with E-state index in [-0.39, 0.29) is 12.5 Å². The Morgan fingerprint density at radius 3 is 2.48 bits per heavy atom. The first-order valence-corrected chi connectivity index (χ1v) is 8.28. The number of ether oxygens (including phenoxy) is 3. The summed E-state index contributed by atoms with van der Waals surface area (Å²) in [4.78, 5) is 28.2. The monoisotopic (exact) mass is 372 g/mol. The fourth-order valence-corrected chi connectivity index (χ4v) is 2.13. The van der Waals surface area contributed by atoms with Crippen LogP contribution in [0, 0.1) is 0 Å². The number of pyridine rings is 1. The van der Waals surface area contributed by atoms with E-state index in [2.05, 4.69) is 10.3 Å². The summed E-state index contributed by atoms with van der Waals surface area (Å²) < 4.78 is 15.6. The number of halogens is 1. The maximum atomic E-state index is 12.0. The van der Waals surface area contributed by atoms with Gasteiger partial charge in [0.15, 0.2) is 0 Å². The molecular formula is C17H25ClN2O5. The fraction of sp³-hybridized carbons (Fsp3) is 0.588. The van der Waals surface area contributed by atoms with Gasteiger partial charge in [-0.25, -0.2) is 14.6 Å². The fourth-order valence-electron chi connectivity index (χ4n) is 1.95. The van der Waals surface area contributed by atoms with Crippen LogP contribution in [0.5, 0.6) is 5.88 Å². The first-order valence-electron chi connectivity index (χ1n) is 7.90. The number of alkyl carbamates (subject to hydrolysis) is 1. The summed E-state index contributed by atoms with van der Waals surface area (Å²) in [5.41, 5.74) is -0.110.